The summed E-state index contributed by atoms with van der Waals surface area (Å²) in [6, 6.07) is 22.5. The normalized spacial score (nSPS) is 13.7. The van der Waals surface area contributed by atoms with E-state index in [0.29, 0.717) is 12.3 Å². The lowest BCUT2D eigenvalue weighted by Crippen LogP contribution is -2.38. The molecule has 0 fully saturated rings. The summed E-state index contributed by atoms with van der Waals surface area (Å²) in [5.41, 5.74) is 4.70. The van der Waals surface area contributed by atoms with Gasteiger partial charge in [0.05, 0.1) is 5.52 Å². The molecule has 5 rings (SSSR count). The lowest BCUT2D eigenvalue weighted by atomic mass is 10.00. The number of fused-ring (bicyclic) bond motifs is 4. The van der Waals surface area contributed by atoms with Crippen LogP contribution in [0, 0.1) is 0 Å². The van der Waals surface area contributed by atoms with Crippen molar-refractivity contribution >= 4 is 27.7 Å². The van der Waals surface area contributed by atoms with Crippen LogP contribution in [-0.2, 0) is 17.8 Å². The standard InChI is InChI=1S/C23H20N2O2/c26-23(25-12-11-16-5-1-2-6-17(16)14-25)15-27-18-9-10-20-19-7-3-4-8-21(19)24-22(20)13-18/h1-10,13,24H,11-12,14-15H2. The number of aromatic amines is 1. The van der Waals surface area contributed by atoms with Gasteiger partial charge in [-0.15, -0.1) is 0 Å². The molecule has 0 aliphatic carbocycles. The number of hydrogen-bond acceptors (Lipinski definition) is 2. The summed E-state index contributed by atoms with van der Waals surface area (Å²) in [5, 5.41) is 2.36. The lowest BCUT2D eigenvalue weighted by Gasteiger charge is -2.28. The maximum Gasteiger partial charge on any atom is 0.260 e. The maximum atomic E-state index is 12.6. The molecule has 4 heteroatoms. The molecular weight excluding hydrogens is 336 g/mol. The van der Waals surface area contributed by atoms with Crippen LogP contribution in [0.2, 0.25) is 0 Å². The van der Waals surface area contributed by atoms with E-state index in [9.17, 15) is 4.79 Å². The minimum atomic E-state index is 0.0289. The van der Waals surface area contributed by atoms with Gasteiger partial charge in [-0.2, -0.15) is 0 Å². The Hall–Kier alpha value is -3.27. The van der Waals surface area contributed by atoms with Gasteiger partial charge in [-0.05, 0) is 35.7 Å². The molecule has 0 radical (unpaired) electrons. The highest BCUT2D eigenvalue weighted by atomic mass is 16.5. The van der Waals surface area contributed by atoms with Gasteiger partial charge in [0.15, 0.2) is 6.61 Å². The van der Waals surface area contributed by atoms with E-state index in [1.807, 2.05) is 41.3 Å². The molecule has 1 aliphatic rings. The van der Waals surface area contributed by atoms with Gasteiger partial charge in [-0.25, -0.2) is 0 Å². The average molecular weight is 356 g/mol. The number of rotatable bonds is 3. The van der Waals surface area contributed by atoms with Crippen LogP contribution < -0.4 is 4.74 Å². The van der Waals surface area contributed by atoms with E-state index in [0.717, 1.165) is 29.4 Å². The van der Waals surface area contributed by atoms with Crippen molar-refractivity contribution in [3.8, 4) is 5.75 Å². The molecule has 4 nitrogen and oxygen atoms in total. The second kappa shape index (κ2) is 6.47. The van der Waals surface area contributed by atoms with Crippen LogP contribution >= 0.6 is 0 Å². The van der Waals surface area contributed by atoms with Gasteiger partial charge in [0.25, 0.3) is 5.91 Å². The average Bonchev–Trinajstić information content (AvgIpc) is 3.09. The molecule has 134 valence electrons. The number of aromatic nitrogens is 1. The van der Waals surface area contributed by atoms with Crippen LogP contribution in [-0.4, -0.2) is 28.9 Å². The molecule has 0 spiro atoms. The van der Waals surface area contributed by atoms with Crippen LogP contribution in [0.1, 0.15) is 11.1 Å². The van der Waals surface area contributed by atoms with E-state index in [2.05, 4.69) is 35.3 Å². The van der Waals surface area contributed by atoms with E-state index in [4.69, 9.17) is 4.74 Å². The second-order valence-electron chi connectivity index (χ2n) is 7.00. The van der Waals surface area contributed by atoms with E-state index < -0.39 is 0 Å². The number of carbonyl (C=O) groups excluding carboxylic acids is 1. The number of H-pyrrole nitrogens is 1. The van der Waals surface area contributed by atoms with Crippen molar-refractivity contribution in [2.24, 2.45) is 0 Å². The van der Waals surface area contributed by atoms with Crippen LogP contribution in [0.4, 0.5) is 0 Å². The Morgan fingerprint density at radius 1 is 0.926 bits per heavy atom. The maximum absolute atomic E-state index is 12.6. The predicted molar refractivity (Wildman–Crippen MR) is 107 cm³/mol. The van der Waals surface area contributed by atoms with Crippen molar-refractivity contribution in [2.75, 3.05) is 13.2 Å². The van der Waals surface area contributed by atoms with Crippen molar-refractivity contribution in [1.82, 2.24) is 9.88 Å². The smallest absolute Gasteiger partial charge is 0.260 e. The Morgan fingerprint density at radius 3 is 2.63 bits per heavy atom. The van der Waals surface area contributed by atoms with Gasteiger partial charge in [0.1, 0.15) is 5.75 Å². The molecule has 0 bridgehead atoms. The fourth-order valence-corrected chi connectivity index (χ4v) is 3.87. The first kappa shape index (κ1) is 15.9. The Kier molecular flexibility index (Phi) is 3.82. The Bertz CT molecular complexity index is 1150. The van der Waals surface area contributed by atoms with Gasteiger partial charge in [-0.3, -0.25) is 4.79 Å². The molecular formula is C23H20N2O2. The number of benzene rings is 3. The van der Waals surface area contributed by atoms with E-state index >= 15 is 0 Å². The first-order chi connectivity index (χ1) is 13.3. The number of hydrogen-bond donors (Lipinski definition) is 1. The zero-order valence-electron chi connectivity index (χ0n) is 14.9. The SMILES string of the molecule is O=C(COc1ccc2c(c1)[nH]c1ccccc12)N1CCc2ccccc2C1. The van der Waals surface area contributed by atoms with Gasteiger partial charge >= 0.3 is 0 Å². The number of nitrogens with zero attached hydrogens (tertiary/aromatic N) is 1. The minimum Gasteiger partial charge on any atom is -0.484 e. The monoisotopic (exact) mass is 356 g/mol. The molecule has 2 heterocycles. The van der Waals surface area contributed by atoms with Gasteiger partial charge < -0.3 is 14.6 Å². The third-order valence-corrected chi connectivity index (χ3v) is 5.32. The Balaban J connectivity index is 1.30. The fraction of sp³-hybridized carbons (Fsp3) is 0.174. The Labute approximate surface area is 157 Å². The van der Waals surface area contributed by atoms with E-state index in [1.165, 1.54) is 16.5 Å². The van der Waals surface area contributed by atoms with Crippen molar-refractivity contribution in [3.05, 3.63) is 77.9 Å². The number of amides is 1. The molecule has 1 amide bonds. The summed E-state index contributed by atoms with van der Waals surface area (Å²) < 4.78 is 5.80. The first-order valence-corrected chi connectivity index (χ1v) is 9.26. The highest BCUT2D eigenvalue weighted by Crippen LogP contribution is 2.28. The summed E-state index contributed by atoms with van der Waals surface area (Å²) in [6.45, 7) is 1.48. The second-order valence-corrected chi connectivity index (χ2v) is 7.00. The summed E-state index contributed by atoms with van der Waals surface area (Å²) in [7, 11) is 0. The topological polar surface area (TPSA) is 45.3 Å². The number of ether oxygens (including phenoxy) is 1. The molecule has 4 aromatic rings. The molecule has 1 aromatic heterocycles. The van der Waals surface area contributed by atoms with Crippen molar-refractivity contribution in [1.29, 1.82) is 0 Å². The summed E-state index contributed by atoms with van der Waals surface area (Å²) >= 11 is 0. The number of carbonyl (C=O) groups is 1. The largest absolute Gasteiger partial charge is 0.484 e. The van der Waals surface area contributed by atoms with Crippen molar-refractivity contribution in [3.63, 3.8) is 0 Å². The van der Waals surface area contributed by atoms with Crippen molar-refractivity contribution in [2.45, 2.75) is 13.0 Å². The number of nitrogens with one attached hydrogen (secondary N) is 1. The first-order valence-electron chi connectivity index (χ1n) is 9.26. The summed E-state index contributed by atoms with van der Waals surface area (Å²) in [4.78, 5) is 17.9. The summed E-state index contributed by atoms with van der Waals surface area (Å²) in [6.07, 6.45) is 0.906. The van der Waals surface area contributed by atoms with Crippen LogP contribution in [0.25, 0.3) is 21.8 Å². The molecule has 1 aliphatic heterocycles. The third kappa shape index (κ3) is 2.93. The van der Waals surface area contributed by atoms with Crippen LogP contribution in [0.3, 0.4) is 0 Å². The molecule has 27 heavy (non-hydrogen) atoms. The zero-order chi connectivity index (χ0) is 18.2. The van der Waals surface area contributed by atoms with Crippen molar-refractivity contribution < 1.29 is 9.53 Å². The quantitative estimate of drug-likeness (QED) is 0.595. The molecule has 3 aromatic carbocycles. The lowest BCUT2D eigenvalue weighted by molar-refractivity contribution is -0.134. The molecule has 0 saturated heterocycles. The number of para-hydroxylation sites is 1. The van der Waals surface area contributed by atoms with Gasteiger partial charge in [0, 0.05) is 35.4 Å². The zero-order valence-corrected chi connectivity index (χ0v) is 14.9. The third-order valence-electron chi connectivity index (χ3n) is 5.32. The van der Waals surface area contributed by atoms with Gasteiger partial charge in [0.2, 0.25) is 0 Å². The van der Waals surface area contributed by atoms with Gasteiger partial charge in [-0.1, -0.05) is 42.5 Å². The molecule has 1 N–H and O–H groups in total. The molecule has 0 unspecified atom stereocenters. The highest BCUT2D eigenvalue weighted by molar-refractivity contribution is 6.07. The summed E-state index contributed by atoms with van der Waals surface area (Å²) in [5.74, 6) is 0.737. The Morgan fingerprint density at radius 2 is 1.70 bits per heavy atom. The van der Waals surface area contributed by atoms with Crippen LogP contribution in [0.5, 0.6) is 5.75 Å². The molecule has 0 atom stereocenters. The van der Waals surface area contributed by atoms with Crippen LogP contribution in [0.15, 0.2) is 66.7 Å². The van der Waals surface area contributed by atoms with E-state index in [1.54, 1.807) is 0 Å². The fourth-order valence-electron chi connectivity index (χ4n) is 3.87. The predicted octanol–water partition coefficient (Wildman–Crippen LogP) is 4.28. The van der Waals surface area contributed by atoms with E-state index in [-0.39, 0.29) is 12.5 Å². The minimum absolute atomic E-state index is 0.0289. The molecule has 0 saturated carbocycles. The highest BCUT2D eigenvalue weighted by Gasteiger charge is 2.20.